The van der Waals surface area contributed by atoms with Gasteiger partial charge in [0.25, 0.3) is 5.91 Å². The molecule has 0 atom stereocenters. The number of rotatable bonds is 6. The molecule has 2 heterocycles. The lowest BCUT2D eigenvalue weighted by atomic mass is 9.84. The number of aromatic amines is 1. The number of nitrogens with one attached hydrogen (secondary N) is 2. The highest BCUT2D eigenvalue weighted by atomic mass is 19.1. The standard InChI is InChI=1S/C23H31FN4O4/c1-25-22(30)17-11-19-20(12-18(17)24)28(23(31)26-19)15-7-9-27(10-8-15)13-21(29)14-3-5-16(32-2)6-4-14/h11-12,14-16H,3-10,13H2,1-2H3,(H,25,30)(H,26,31). The van der Waals surface area contributed by atoms with Crippen LogP contribution in [0.1, 0.15) is 54.9 Å². The summed E-state index contributed by atoms with van der Waals surface area (Å²) in [6.07, 6.45) is 5.35. The molecule has 0 unspecified atom stereocenters. The highest BCUT2D eigenvalue weighted by Crippen LogP contribution is 2.29. The number of ether oxygens (including phenoxy) is 1. The number of hydrogen-bond donors (Lipinski definition) is 2. The molecule has 8 nitrogen and oxygen atoms in total. The lowest BCUT2D eigenvalue weighted by Gasteiger charge is -2.33. The number of fused-ring (bicyclic) bond motifs is 1. The number of Topliss-reactive ketones (excluding diaryl/α,β-unsaturated/α-hetero) is 1. The quantitative estimate of drug-likeness (QED) is 0.710. The Balaban J connectivity index is 1.40. The fourth-order valence-corrected chi connectivity index (χ4v) is 5.12. The molecule has 0 spiro atoms. The van der Waals surface area contributed by atoms with Crippen molar-refractivity contribution in [2.24, 2.45) is 5.92 Å². The van der Waals surface area contributed by atoms with E-state index in [0.29, 0.717) is 49.3 Å². The summed E-state index contributed by atoms with van der Waals surface area (Å²) in [4.78, 5) is 42.1. The van der Waals surface area contributed by atoms with Crippen LogP contribution in [-0.2, 0) is 9.53 Å². The number of carbonyl (C=O) groups excluding carboxylic acids is 2. The maximum atomic E-state index is 14.5. The predicted octanol–water partition coefficient (Wildman–Crippen LogP) is 2.24. The van der Waals surface area contributed by atoms with E-state index in [1.807, 2.05) is 0 Å². The fourth-order valence-electron chi connectivity index (χ4n) is 5.12. The van der Waals surface area contributed by atoms with Gasteiger partial charge in [-0.05, 0) is 44.6 Å². The average Bonchev–Trinajstić information content (AvgIpc) is 3.13. The van der Waals surface area contributed by atoms with Crippen molar-refractivity contribution in [1.82, 2.24) is 19.8 Å². The Morgan fingerprint density at radius 3 is 2.47 bits per heavy atom. The zero-order valence-corrected chi connectivity index (χ0v) is 18.7. The van der Waals surface area contributed by atoms with E-state index in [-0.39, 0.29) is 29.3 Å². The first kappa shape index (κ1) is 22.7. The summed E-state index contributed by atoms with van der Waals surface area (Å²) in [5.74, 6) is -0.776. The van der Waals surface area contributed by atoms with Crippen molar-refractivity contribution in [3.63, 3.8) is 0 Å². The van der Waals surface area contributed by atoms with Gasteiger partial charge in [0.1, 0.15) is 11.6 Å². The van der Waals surface area contributed by atoms with Crippen LogP contribution in [0, 0.1) is 11.7 Å². The van der Waals surface area contributed by atoms with Gasteiger partial charge in [0.15, 0.2) is 0 Å². The Bertz CT molecular complexity index is 1050. The molecule has 9 heteroatoms. The number of aromatic nitrogens is 2. The van der Waals surface area contributed by atoms with E-state index in [0.717, 1.165) is 25.7 Å². The highest BCUT2D eigenvalue weighted by Gasteiger charge is 2.30. The van der Waals surface area contributed by atoms with E-state index in [1.54, 1.807) is 11.7 Å². The van der Waals surface area contributed by atoms with Gasteiger partial charge in [-0.3, -0.25) is 19.1 Å². The first-order chi connectivity index (χ1) is 15.4. The van der Waals surface area contributed by atoms with Gasteiger partial charge < -0.3 is 15.0 Å². The van der Waals surface area contributed by atoms with Crippen LogP contribution < -0.4 is 11.0 Å². The summed E-state index contributed by atoms with van der Waals surface area (Å²) >= 11 is 0. The first-order valence-electron chi connectivity index (χ1n) is 11.3. The summed E-state index contributed by atoms with van der Waals surface area (Å²) in [6, 6.07) is 2.56. The number of imidazole rings is 1. The molecule has 2 fully saturated rings. The first-order valence-corrected chi connectivity index (χ1v) is 11.3. The smallest absolute Gasteiger partial charge is 0.326 e. The maximum absolute atomic E-state index is 14.5. The lowest BCUT2D eigenvalue weighted by Crippen LogP contribution is -2.41. The minimum absolute atomic E-state index is 0.0787. The molecule has 1 aromatic heterocycles. The summed E-state index contributed by atoms with van der Waals surface area (Å²) in [5.41, 5.74) is 0.503. The molecule has 1 aliphatic heterocycles. The third-order valence-corrected chi connectivity index (χ3v) is 7.04. The van der Waals surface area contributed by atoms with Crippen LogP contribution in [0.15, 0.2) is 16.9 Å². The number of halogens is 1. The number of amides is 1. The van der Waals surface area contributed by atoms with Crippen LogP contribution in [0.5, 0.6) is 0 Å². The van der Waals surface area contributed by atoms with Crippen molar-refractivity contribution in [3.8, 4) is 0 Å². The molecule has 1 aromatic carbocycles. The largest absolute Gasteiger partial charge is 0.381 e. The molecule has 1 saturated heterocycles. The van der Waals surface area contributed by atoms with E-state index in [4.69, 9.17) is 4.74 Å². The van der Waals surface area contributed by atoms with Crippen molar-refractivity contribution >= 4 is 22.7 Å². The second kappa shape index (κ2) is 9.54. The van der Waals surface area contributed by atoms with Crippen LogP contribution in [-0.4, -0.2) is 66.0 Å². The lowest BCUT2D eigenvalue weighted by molar-refractivity contribution is -0.126. The number of piperidine rings is 1. The van der Waals surface area contributed by atoms with Gasteiger partial charge in [0.05, 0.1) is 29.2 Å². The van der Waals surface area contributed by atoms with E-state index < -0.39 is 11.7 Å². The van der Waals surface area contributed by atoms with E-state index >= 15 is 0 Å². The topological polar surface area (TPSA) is 96.4 Å². The molecule has 2 aliphatic rings. The SMILES string of the molecule is CNC(=O)c1cc2[nH]c(=O)n(C3CCN(CC(=O)C4CCC(OC)CC4)CC3)c2cc1F. The molecular weight excluding hydrogens is 415 g/mol. The van der Waals surface area contributed by atoms with Gasteiger partial charge in [-0.2, -0.15) is 0 Å². The average molecular weight is 447 g/mol. The van der Waals surface area contributed by atoms with Crippen LogP contribution in [0.25, 0.3) is 11.0 Å². The maximum Gasteiger partial charge on any atom is 0.326 e. The molecule has 1 amide bonds. The van der Waals surface area contributed by atoms with Crippen LogP contribution in [0.3, 0.4) is 0 Å². The number of hydrogen-bond acceptors (Lipinski definition) is 5. The van der Waals surface area contributed by atoms with Crippen molar-refractivity contribution in [1.29, 1.82) is 0 Å². The van der Waals surface area contributed by atoms with Crippen molar-refractivity contribution in [2.75, 3.05) is 33.8 Å². The number of H-pyrrole nitrogens is 1. The number of carbonyl (C=O) groups is 2. The van der Waals surface area contributed by atoms with Crippen LogP contribution in [0.4, 0.5) is 4.39 Å². The van der Waals surface area contributed by atoms with Gasteiger partial charge in [0.2, 0.25) is 0 Å². The predicted molar refractivity (Wildman–Crippen MR) is 118 cm³/mol. The number of methoxy groups -OCH3 is 1. The molecule has 2 aromatic rings. The third kappa shape index (κ3) is 4.49. The second-order valence-corrected chi connectivity index (χ2v) is 8.91. The molecule has 4 rings (SSSR count). The molecule has 2 N–H and O–H groups in total. The van der Waals surface area contributed by atoms with Gasteiger partial charge in [-0.1, -0.05) is 0 Å². The Hall–Kier alpha value is -2.52. The van der Waals surface area contributed by atoms with E-state index in [2.05, 4.69) is 15.2 Å². The number of nitrogens with zero attached hydrogens (tertiary/aromatic N) is 2. The molecule has 0 bridgehead atoms. The normalized spacial score (nSPS) is 22.8. The summed E-state index contributed by atoms with van der Waals surface area (Å²) < 4.78 is 21.5. The summed E-state index contributed by atoms with van der Waals surface area (Å²) in [5, 5.41) is 2.40. The van der Waals surface area contributed by atoms with Crippen molar-refractivity contribution in [3.05, 3.63) is 34.0 Å². The van der Waals surface area contributed by atoms with E-state index in [1.165, 1.54) is 19.2 Å². The third-order valence-electron chi connectivity index (χ3n) is 7.04. The molecule has 1 aliphatic carbocycles. The zero-order valence-electron chi connectivity index (χ0n) is 18.7. The van der Waals surface area contributed by atoms with Gasteiger partial charge in [0, 0.05) is 45.3 Å². The zero-order chi connectivity index (χ0) is 22.8. The van der Waals surface area contributed by atoms with Gasteiger partial charge in [-0.15, -0.1) is 0 Å². The summed E-state index contributed by atoms with van der Waals surface area (Å²) in [6.45, 7) is 1.87. The Morgan fingerprint density at radius 1 is 1.16 bits per heavy atom. The number of ketones is 1. The van der Waals surface area contributed by atoms with Gasteiger partial charge >= 0.3 is 5.69 Å². The number of likely N-dealkylation sites (tertiary alicyclic amines) is 1. The molecular formula is C23H31FN4O4. The molecule has 32 heavy (non-hydrogen) atoms. The molecule has 0 radical (unpaired) electrons. The minimum Gasteiger partial charge on any atom is -0.381 e. The monoisotopic (exact) mass is 446 g/mol. The van der Waals surface area contributed by atoms with Crippen LogP contribution in [0.2, 0.25) is 0 Å². The van der Waals surface area contributed by atoms with E-state index in [9.17, 15) is 18.8 Å². The highest BCUT2D eigenvalue weighted by molar-refractivity contribution is 5.97. The van der Waals surface area contributed by atoms with Crippen LogP contribution >= 0.6 is 0 Å². The van der Waals surface area contributed by atoms with Crippen molar-refractivity contribution < 1.29 is 18.7 Å². The Kier molecular flexibility index (Phi) is 6.76. The molecule has 1 saturated carbocycles. The minimum atomic E-state index is -0.657. The van der Waals surface area contributed by atoms with Crippen molar-refractivity contribution in [2.45, 2.75) is 50.7 Å². The molecule has 174 valence electrons. The Morgan fingerprint density at radius 2 is 1.84 bits per heavy atom. The summed E-state index contributed by atoms with van der Waals surface area (Å²) in [7, 11) is 3.16. The fraction of sp³-hybridized carbons (Fsp3) is 0.609. The van der Waals surface area contributed by atoms with Gasteiger partial charge in [-0.25, -0.2) is 9.18 Å². The number of benzene rings is 1. The second-order valence-electron chi connectivity index (χ2n) is 8.91. The Labute approximate surface area is 186 Å².